The topological polar surface area (TPSA) is 70.6 Å². The monoisotopic (exact) mass is 365 g/mol. The molecule has 126 valence electrons. The Hall–Kier alpha value is -2.12. The van der Waals surface area contributed by atoms with E-state index in [4.69, 9.17) is 11.6 Å². The Labute approximate surface area is 145 Å². The number of nitrogens with zero attached hydrogens (tertiary/aromatic N) is 3. The second-order valence-electron chi connectivity index (χ2n) is 5.52. The van der Waals surface area contributed by atoms with Gasteiger partial charge in [0, 0.05) is 32.4 Å². The summed E-state index contributed by atoms with van der Waals surface area (Å²) in [5, 5.41) is 0.430. The highest BCUT2D eigenvalue weighted by Crippen LogP contribution is 2.32. The van der Waals surface area contributed by atoms with Gasteiger partial charge in [0.25, 0.3) is 10.0 Å². The first-order valence-corrected chi connectivity index (χ1v) is 9.14. The predicted molar refractivity (Wildman–Crippen MR) is 93.0 cm³/mol. The Kier molecular flexibility index (Phi) is 4.23. The first kappa shape index (κ1) is 16.7. The van der Waals surface area contributed by atoms with Gasteiger partial charge in [0.05, 0.1) is 9.92 Å². The number of carbonyl (C=O) groups excluding carboxylic acids is 1. The number of carbonyl (C=O) groups is 1. The van der Waals surface area contributed by atoms with E-state index in [1.807, 2.05) is 0 Å². The maximum absolute atomic E-state index is 12.8. The number of amides is 1. The number of sulfonamides is 1. The molecule has 0 unspecified atom stereocenters. The van der Waals surface area contributed by atoms with E-state index in [1.165, 1.54) is 26.2 Å². The van der Waals surface area contributed by atoms with E-state index in [9.17, 15) is 13.2 Å². The van der Waals surface area contributed by atoms with Gasteiger partial charge in [-0.15, -0.1) is 0 Å². The molecule has 1 aromatic heterocycles. The van der Waals surface area contributed by atoms with Gasteiger partial charge in [-0.3, -0.25) is 9.10 Å². The summed E-state index contributed by atoms with van der Waals surface area (Å²) in [6.45, 7) is 2.04. The maximum atomic E-state index is 12.8. The van der Waals surface area contributed by atoms with Crippen LogP contribution < -0.4 is 9.21 Å². The lowest BCUT2D eigenvalue weighted by Gasteiger charge is -2.20. The van der Waals surface area contributed by atoms with Crippen LogP contribution in [-0.2, 0) is 21.2 Å². The van der Waals surface area contributed by atoms with Gasteiger partial charge in [0.2, 0.25) is 5.91 Å². The summed E-state index contributed by atoms with van der Waals surface area (Å²) >= 11 is 5.79. The van der Waals surface area contributed by atoms with Gasteiger partial charge in [-0.25, -0.2) is 13.4 Å². The van der Waals surface area contributed by atoms with Crippen molar-refractivity contribution in [2.24, 2.45) is 0 Å². The molecule has 2 heterocycles. The van der Waals surface area contributed by atoms with Crippen molar-refractivity contribution in [2.75, 3.05) is 22.8 Å². The molecule has 3 rings (SSSR count). The number of rotatable bonds is 3. The zero-order chi connectivity index (χ0) is 17.5. The van der Waals surface area contributed by atoms with Crippen LogP contribution in [0.5, 0.6) is 0 Å². The largest absolute Gasteiger partial charge is 0.312 e. The molecule has 0 radical (unpaired) electrons. The average molecular weight is 366 g/mol. The highest BCUT2D eigenvalue weighted by molar-refractivity contribution is 7.92. The predicted octanol–water partition coefficient (Wildman–Crippen LogP) is 2.47. The molecule has 6 nitrogen and oxygen atoms in total. The van der Waals surface area contributed by atoms with Gasteiger partial charge < -0.3 is 4.90 Å². The minimum Gasteiger partial charge on any atom is -0.312 e. The summed E-state index contributed by atoms with van der Waals surface area (Å²) in [5.41, 5.74) is 1.62. The Bertz CT molecular complexity index is 897. The van der Waals surface area contributed by atoms with E-state index >= 15 is 0 Å². The summed E-state index contributed by atoms with van der Waals surface area (Å²) in [4.78, 5) is 17.4. The lowest BCUT2D eigenvalue weighted by Crippen LogP contribution is -2.28. The number of hydrogen-bond acceptors (Lipinski definition) is 4. The van der Waals surface area contributed by atoms with E-state index in [1.54, 1.807) is 29.2 Å². The maximum Gasteiger partial charge on any atom is 0.265 e. The molecular formula is C16H16ClN3O3S. The first-order valence-electron chi connectivity index (χ1n) is 7.32. The normalized spacial score (nSPS) is 13.7. The Morgan fingerprint density at radius 2 is 2.04 bits per heavy atom. The lowest BCUT2D eigenvalue weighted by atomic mass is 10.2. The van der Waals surface area contributed by atoms with Crippen molar-refractivity contribution in [3.05, 3.63) is 47.1 Å². The van der Waals surface area contributed by atoms with Crippen LogP contribution >= 0.6 is 11.6 Å². The van der Waals surface area contributed by atoms with Gasteiger partial charge in [0.15, 0.2) is 0 Å². The van der Waals surface area contributed by atoms with Crippen molar-refractivity contribution >= 4 is 39.0 Å². The minimum atomic E-state index is -3.79. The molecule has 0 fully saturated rings. The molecule has 0 saturated heterocycles. The molecule has 2 aromatic rings. The Balaban J connectivity index is 2.00. The molecule has 0 aliphatic carbocycles. The molecule has 0 N–H and O–H groups in total. The first-order chi connectivity index (χ1) is 11.3. The van der Waals surface area contributed by atoms with Crippen LogP contribution in [0.1, 0.15) is 12.5 Å². The van der Waals surface area contributed by atoms with Crippen LogP contribution in [0.2, 0.25) is 5.02 Å². The summed E-state index contributed by atoms with van der Waals surface area (Å²) in [6.07, 6.45) is 2.12. The molecule has 0 saturated carbocycles. The Morgan fingerprint density at radius 1 is 1.29 bits per heavy atom. The number of benzene rings is 1. The molecule has 1 amide bonds. The molecule has 8 heteroatoms. The molecule has 24 heavy (non-hydrogen) atoms. The fourth-order valence-electron chi connectivity index (χ4n) is 2.68. The average Bonchev–Trinajstić information content (AvgIpc) is 2.98. The molecule has 0 atom stereocenters. The van der Waals surface area contributed by atoms with Crippen molar-refractivity contribution in [3.63, 3.8) is 0 Å². The van der Waals surface area contributed by atoms with E-state index in [-0.39, 0.29) is 16.6 Å². The van der Waals surface area contributed by atoms with Crippen molar-refractivity contribution in [2.45, 2.75) is 18.2 Å². The molecule has 1 aromatic carbocycles. The van der Waals surface area contributed by atoms with Gasteiger partial charge >= 0.3 is 0 Å². The van der Waals surface area contributed by atoms with Crippen molar-refractivity contribution in [3.8, 4) is 0 Å². The number of anilines is 2. The van der Waals surface area contributed by atoms with Crippen LogP contribution in [0.3, 0.4) is 0 Å². The third-order valence-electron chi connectivity index (χ3n) is 4.03. The van der Waals surface area contributed by atoms with Crippen molar-refractivity contribution in [1.82, 2.24) is 4.98 Å². The van der Waals surface area contributed by atoms with Crippen LogP contribution in [-0.4, -0.2) is 32.9 Å². The van der Waals surface area contributed by atoms with Gasteiger partial charge in [-0.1, -0.05) is 17.7 Å². The fourth-order valence-corrected chi connectivity index (χ4v) is 3.96. The second kappa shape index (κ2) is 6.07. The third kappa shape index (κ3) is 2.85. The summed E-state index contributed by atoms with van der Waals surface area (Å²) in [7, 11) is -2.35. The van der Waals surface area contributed by atoms with Crippen molar-refractivity contribution in [1.29, 1.82) is 0 Å². The molecular weight excluding hydrogens is 350 g/mol. The zero-order valence-electron chi connectivity index (χ0n) is 13.2. The van der Waals surface area contributed by atoms with Crippen LogP contribution in [0.15, 0.2) is 41.4 Å². The van der Waals surface area contributed by atoms with E-state index < -0.39 is 10.0 Å². The summed E-state index contributed by atoms with van der Waals surface area (Å²) < 4.78 is 26.8. The number of fused-ring (bicyclic) bond motifs is 1. The van der Waals surface area contributed by atoms with Crippen molar-refractivity contribution < 1.29 is 13.2 Å². The van der Waals surface area contributed by atoms with E-state index in [2.05, 4.69) is 4.98 Å². The van der Waals surface area contributed by atoms with E-state index in [0.717, 1.165) is 16.3 Å². The Morgan fingerprint density at radius 3 is 2.67 bits per heavy atom. The van der Waals surface area contributed by atoms with Crippen LogP contribution in [0.25, 0.3) is 0 Å². The third-order valence-corrected chi connectivity index (χ3v) is 6.01. The highest BCUT2D eigenvalue weighted by atomic mass is 35.5. The van der Waals surface area contributed by atoms with Gasteiger partial charge in [-0.2, -0.15) is 0 Å². The molecule has 1 aliphatic heterocycles. The minimum absolute atomic E-state index is 0.101. The summed E-state index contributed by atoms with van der Waals surface area (Å²) in [5.74, 6) is 0.166. The fraction of sp³-hybridized carbons (Fsp3) is 0.250. The number of pyridine rings is 1. The van der Waals surface area contributed by atoms with E-state index in [0.29, 0.717) is 17.3 Å². The molecule has 0 spiro atoms. The number of hydrogen-bond donors (Lipinski definition) is 0. The zero-order valence-corrected chi connectivity index (χ0v) is 14.8. The van der Waals surface area contributed by atoms with Gasteiger partial charge in [-0.05, 0) is 36.2 Å². The molecule has 0 bridgehead atoms. The van der Waals surface area contributed by atoms with Crippen LogP contribution in [0.4, 0.5) is 11.5 Å². The van der Waals surface area contributed by atoms with Crippen LogP contribution in [0, 0.1) is 0 Å². The quantitative estimate of drug-likeness (QED) is 0.837. The number of halogens is 1. The second-order valence-corrected chi connectivity index (χ2v) is 7.92. The molecule has 1 aliphatic rings. The highest BCUT2D eigenvalue weighted by Gasteiger charge is 2.27. The standard InChI is InChI=1S/C16H16ClN3O3S/c1-11(21)20-8-7-12-3-5-14(9-15(12)20)24(22,23)19(2)16-6-4-13(17)10-18-16/h3-6,9-10H,7-8H2,1-2H3. The SMILES string of the molecule is CC(=O)N1CCc2ccc(S(=O)(=O)N(C)c3ccc(Cl)cn3)cc21. The number of aromatic nitrogens is 1. The van der Waals surface area contributed by atoms with Gasteiger partial charge in [0.1, 0.15) is 5.82 Å². The summed E-state index contributed by atoms with van der Waals surface area (Å²) in [6, 6.07) is 7.98. The smallest absolute Gasteiger partial charge is 0.265 e. The lowest BCUT2D eigenvalue weighted by molar-refractivity contribution is -0.116.